The number of hydrazine groups is 1. The summed E-state index contributed by atoms with van der Waals surface area (Å²) < 4.78 is 5.05. The minimum Gasteiger partial charge on any atom is -0.422 e. The minimum atomic E-state index is -0.842. The van der Waals surface area contributed by atoms with Gasteiger partial charge in [0.25, 0.3) is 0 Å². The van der Waals surface area contributed by atoms with E-state index in [9.17, 15) is 14.4 Å². The van der Waals surface area contributed by atoms with E-state index >= 15 is 0 Å². The maximum absolute atomic E-state index is 12.3. The number of esters is 1. The maximum Gasteiger partial charge on any atom is 0.349 e. The van der Waals surface area contributed by atoms with E-state index in [4.69, 9.17) is 22.7 Å². The average molecular weight is 305 g/mol. The van der Waals surface area contributed by atoms with E-state index in [1.54, 1.807) is 12.1 Å². The lowest BCUT2D eigenvalue weighted by Gasteiger charge is -2.21. The Labute approximate surface area is 125 Å². The smallest absolute Gasteiger partial charge is 0.349 e. The fraction of sp³-hybridized carbons (Fsp3) is 0.0769. The van der Waals surface area contributed by atoms with Gasteiger partial charge in [0.2, 0.25) is 11.7 Å². The Kier molecular flexibility index (Phi) is 3.99. The summed E-state index contributed by atoms with van der Waals surface area (Å²) in [5.74, 6) is -1.65. The van der Waals surface area contributed by atoms with Crippen molar-refractivity contribution < 1.29 is 19.1 Å². The van der Waals surface area contributed by atoms with Crippen LogP contribution in [0.2, 0.25) is 0 Å². The normalized spacial score (nSPS) is 15.2. The first kappa shape index (κ1) is 14.7. The molecule has 0 atom stereocenters. The molecule has 21 heavy (non-hydrogen) atoms. The third-order valence-electron chi connectivity index (χ3n) is 2.57. The topological polar surface area (TPSA) is 102 Å². The van der Waals surface area contributed by atoms with Gasteiger partial charge in [-0.25, -0.2) is 9.80 Å². The summed E-state index contributed by atoms with van der Waals surface area (Å²) in [6, 6.07) is 6.34. The number of amides is 1. The van der Waals surface area contributed by atoms with Crippen LogP contribution < -0.4 is 15.9 Å². The Balaban J connectivity index is 2.41. The molecule has 0 spiro atoms. The number of para-hydroxylation sites is 1. The molecule has 0 saturated carbocycles. The second-order valence-electron chi connectivity index (χ2n) is 4.13. The number of carbonyl (C=O) groups is 3. The summed E-state index contributed by atoms with van der Waals surface area (Å²) in [4.78, 5) is 35.2. The van der Waals surface area contributed by atoms with Gasteiger partial charge >= 0.3 is 5.97 Å². The largest absolute Gasteiger partial charge is 0.422 e. The van der Waals surface area contributed by atoms with Crippen LogP contribution in [0, 0.1) is 0 Å². The van der Waals surface area contributed by atoms with E-state index in [2.05, 4.69) is 5.43 Å². The summed E-state index contributed by atoms with van der Waals surface area (Å²) >= 11 is 4.74. The predicted molar refractivity (Wildman–Crippen MR) is 76.9 cm³/mol. The lowest BCUT2D eigenvalue weighted by molar-refractivity contribution is -0.130. The number of hydrogen-bond acceptors (Lipinski definition) is 5. The molecule has 0 radical (unpaired) electrons. The Hall–Kier alpha value is -2.74. The van der Waals surface area contributed by atoms with Gasteiger partial charge < -0.3 is 10.5 Å². The number of Topliss-reactive ketones (excluding diaryl/α,β-unsaturated/α-hetero) is 1. The first-order valence-electron chi connectivity index (χ1n) is 5.83. The van der Waals surface area contributed by atoms with E-state index in [-0.39, 0.29) is 22.0 Å². The molecule has 1 heterocycles. The molecule has 0 bridgehead atoms. The van der Waals surface area contributed by atoms with Gasteiger partial charge in [-0.3, -0.25) is 15.0 Å². The highest BCUT2D eigenvalue weighted by atomic mass is 32.1. The van der Waals surface area contributed by atoms with Crippen molar-refractivity contribution in [3.63, 3.8) is 0 Å². The number of ether oxygens (including phenoxy) is 1. The standard InChI is InChI=1S/C13H11N3O4S/c1-7(17)15-16(13(14)21)6-9-11(18)8-4-2-3-5-10(8)20-12(9)19/h2-6H,1H3,(H2,14,21)(H,15,17)/b9-6-. The second kappa shape index (κ2) is 5.71. The summed E-state index contributed by atoms with van der Waals surface area (Å²) in [5.41, 5.74) is 7.67. The number of rotatable bonds is 1. The number of fused-ring (bicyclic) bond motifs is 1. The lowest BCUT2D eigenvalue weighted by Crippen LogP contribution is -2.45. The molecule has 1 amide bonds. The molecular weight excluding hydrogens is 294 g/mol. The van der Waals surface area contributed by atoms with Crippen molar-refractivity contribution in [1.82, 2.24) is 10.4 Å². The average Bonchev–Trinajstić information content (AvgIpc) is 2.41. The quantitative estimate of drug-likeness (QED) is 0.192. The fourth-order valence-electron chi connectivity index (χ4n) is 1.70. The van der Waals surface area contributed by atoms with Crippen LogP contribution in [0.15, 0.2) is 36.0 Å². The second-order valence-corrected chi connectivity index (χ2v) is 4.55. The molecule has 3 N–H and O–H groups in total. The van der Waals surface area contributed by atoms with Gasteiger partial charge in [0.1, 0.15) is 11.3 Å². The zero-order valence-electron chi connectivity index (χ0n) is 11.0. The molecule has 2 rings (SSSR count). The van der Waals surface area contributed by atoms with E-state index in [0.717, 1.165) is 11.2 Å². The Morgan fingerprint density at radius 3 is 2.67 bits per heavy atom. The zero-order valence-corrected chi connectivity index (χ0v) is 11.8. The van der Waals surface area contributed by atoms with Crippen molar-refractivity contribution in [3.8, 4) is 5.75 Å². The van der Waals surface area contributed by atoms with Crippen LogP contribution >= 0.6 is 12.2 Å². The first-order chi connectivity index (χ1) is 9.90. The van der Waals surface area contributed by atoms with Crippen LogP contribution in [0.1, 0.15) is 17.3 Å². The van der Waals surface area contributed by atoms with Crippen molar-refractivity contribution in [1.29, 1.82) is 0 Å². The number of carbonyl (C=O) groups excluding carboxylic acids is 3. The Bertz CT molecular complexity index is 684. The predicted octanol–water partition coefficient (Wildman–Crippen LogP) is 0.269. The highest BCUT2D eigenvalue weighted by molar-refractivity contribution is 7.80. The minimum absolute atomic E-state index is 0.186. The van der Waals surface area contributed by atoms with Crippen molar-refractivity contribution >= 4 is 35.0 Å². The molecule has 108 valence electrons. The zero-order chi connectivity index (χ0) is 15.6. The van der Waals surface area contributed by atoms with Crippen LogP contribution in [0.5, 0.6) is 5.75 Å². The van der Waals surface area contributed by atoms with Gasteiger partial charge in [-0.05, 0) is 24.4 Å². The van der Waals surface area contributed by atoms with E-state index in [1.165, 1.54) is 19.1 Å². The molecule has 0 fully saturated rings. The molecule has 1 aromatic rings. The summed E-state index contributed by atoms with van der Waals surface area (Å²) in [6.45, 7) is 1.24. The molecule has 0 saturated heterocycles. The number of ketones is 1. The van der Waals surface area contributed by atoms with Crippen LogP contribution in [0.25, 0.3) is 0 Å². The highest BCUT2D eigenvalue weighted by Crippen LogP contribution is 2.27. The first-order valence-corrected chi connectivity index (χ1v) is 6.24. The molecule has 0 unspecified atom stereocenters. The molecule has 7 nitrogen and oxygen atoms in total. The van der Waals surface area contributed by atoms with E-state index in [0.29, 0.717) is 0 Å². The van der Waals surface area contributed by atoms with Gasteiger partial charge in [-0.15, -0.1) is 0 Å². The van der Waals surface area contributed by atoms with Crippen LogP contribution in [0.3, 0.4) is 0 Å². The number of nitrogens with one attached hydrogen (secondary N) is 1. The Morgan fingerprint density at radius 2 is 2.05 bits per heavy atom. The molecule has 0 aliphatic carbocycles. The van der Waals surface area contributed by atoms with Crippen molar-refractivity contribution in [2.75, 3.05) is 0 Å². The SMILES string of the molecule is CC(=O)NN(/C=C1\C(=O)Oc2ccccc2C1=O)C(N)=S. The lowest BCUT2D eigenvalue weighted by atomic mass is 10.0. The maximum atomic E-state index is 12.3. The molecule has 8 heteroatoms. The number of nitrogens with two attached hydrogens (primary N) is 1. The van der Waals surface area contributed by atoms with Crippen molar-refractivity contribution in [3.05, 3.63) is 41.6 Å². The van der Waals surface area contributed by atoms with Crippen LogP contribution in [0.4, 0.5) is 0 Å². The molecule has 1 aliphatic heterocycles. The van der Waals surface area contributed by atoms with Gasteiger partial charge in [0, 0.05) is 13.1 Å². The number of thiocarbonyl (C=S) groups is 1. The van der Waals surface area contributed by atoms with Crippen molar-refractivity contribution in [2.45, 2.75) is 6.92 Å². The van der Waals surface area contributed by atoms with Gasteiger partial charge in [-0.2, -0.15) is 0 Å². The van der Waals surface area contributed by atoms with E-state index < -0.39 is 17.7 Å². The third-order valence-corrected chi connectivity index (χ3v) is 2.77. The summed E-state index contributed by atoms with van der Waals surface area (Å²) in [5, 5.41) is 0.692. The fourth-order valence-corrected chi connectivity index (χ4v) is 1.80. The van der Waals surface area contributed by atoms with E-state index in [1.807, 2.05) is 0 Å². The van der Waals surface area contributed by atoms with Crippen molar-refractivity contribution in [2.24, 2.45) is 5.73 Å². The van der Waals surface area contributed by atoms with Gasteiger partial charge in [-0.1, -0.05) is 12.1 Å². The molecular formula is C13H11N3O4S. The monoisotopic (exact) mass is 305 g/mol. The third kappa shape index (κ3) is 3.06. The molecule has 1 aliphatic rings. The highest BCUT2D eigenvalue weighted by Gasteiger charge is 2.31. The number of benzene rings is 1. The van der Waals surface area contributed by atoms with Crippen LogP contribution in [-0.4, -0.2) is 27.8 Å². The number of hydrogen-bond donors (Lipinski definition) is 2. The Morgan fingerprint density at radius 1 is 1.38 bits per heavy atom. The molecule has 0 aromatic heterocycles. The summed E-state index contributed by atoms with van der Waals surface area (Å²) in [6.07, 6.45) is 1.05. The van der Waals surface area contributed by atoms with Gasteiger partial charge in [0.05, 0.1) is 5.56 Å². The van der Waals surface area contributed by atoms with Gasteiger partial charge in [0.15, 0.2) is 5.11 Å². The van der Waals surface area contributed by atoms with Crippen LogP contribution in [-0.2, 0) is 9.59 Å². The molecule has 1 aromatic carbocycles. The number of nitrogens with zero attached hydrogens (tertiary/aromatic N) is 1. The summed E-state index contributed by atoms with van der Waals surface area (Å²) in [7, 11) is 0.